The number of carbonyl (C=O) groups is 1. The Hall–Kier alpha value is -1.33. The number of rotatable bonds is 2. The standard InChI is InChI=1S/C11H11BrN2O2/c1-14-5-8(12)7-3-2-6(4-9(7)14)10(13)11(15)16/h2-5,10H,13H2,1H3,(H,15,16). The number of halogens is 1. The fourth-order valence-electron chi connectivity index (χ4n) is 1.69. The predicted octanol–water partition coefficient (Wildman–Crippen LogP) is 2.03. The molecule has 84 valence electrons. The molecule has 16 heavy (non-hydrogen) atoms. The van der Waals surface area contributed by atoms with Gasteiger partial charge in [-0.3, -0.25) is 4.79 Å². The van der Waals surface area contributed by atoms with Crippen LogP contribution in [-0.2, 0) is 11.8 Å². The molecule has 0 radical (unpaired) electrons. The van der Waals surface area contributed by atoms with Crippen LogP contribution in [0.1, 0.15) is 11.6 Å². The molecule has 1 aromatic heterocycles. The molecule has 0 saturated heterocycles. The zero-order chi connectivity index (χ0) is 11.9. The summed E-state index contributed by atoms with van der Waals surface area (Å²) in [5, 5.41) is 9.89. The average molecular weight is 283 g/mol. The number of aromatic nitrogens is 1. The number of hydrogen-bond donors (Lipinski definition) is 2. The molecule has 1 unspecified atom stereocenters. The van der Waals surface area contributed by atoms with E-state index in [9.17, 15) is 4.79 Å². The molecule has 0 aliphatic carbocycles. The van der Waals surface area contributed by atoms with Gasteiger partial charge < -0.3 is 15.4 Å². The van der Waals surface area contributed by atoms with Crippen LogP contribution in [0.4, 0.5) is 0 Å². The van der Waals surface area contributed by atoms with Gasteiger partial charge in [0, 0.05) is 28.6 Å². The van der Waals surface area contributed by atoms with Gasteiger partial charge in [0.2, 0.25) is 0 Å². The summed E-state index contributed by atoms with van der Waals surface area (Å²) in [6.07, 6.45) is 1.93. The number of aryl methyl sites for hydroxylation is 1. The zero-order valence-electron chi connectivity index (χ0n) is 8.64. The summed E-state index contributed by atoms with van der Waals surface area (Å²) >= 11 is 3.44. The third kappa shape index (κ3) is 1.72. The highest BCUT2D eigenvalue weighted by Gasteiger charge is 2.15. The number of aliphatic carboxylic acids is 1. The van der Waals surface area contributed by atoms with Gasteiger partial charge in [0.1, 0.15) is 6.04 Å². The second-order valence-electron chi connectivity index (χ2n) is 3.68. The van der Waals surface area contributed by atoms with E-state index in [2.05, 4.69) is 15.9 Å². The molecule has 4 nitrogen and oxygen atoms in total. The Morgan fingerprint density at radius 2 is 2.25 bits per heavy atom. The maximum Gasteiger partial charge on any atom is 0.325 e. The molecule has 2 aromatic rings. The summed E-state index contributed by atoms with van der Waals surface area (Å²) in [5.74, 6) is -1.02. The predicted molar refractivity (Wildman–Crippen MR) is 65.2 cm³/mol. The normalized spacial score (nSPS) is 12.9. The molecule has 3 N–H and O–H groups in total. The van der Waals surface area contributed by atoms with Crippen LogP contribution in [0, 0.1) is 0 Å². The number of nitrogens with two attached hydrogens (primary N) is 1. The molecule has 0 amide bonds. The molecule has 2 rings (SSSR count). The highest BCUT2D eigenvalue weighted by Crippen LogP contribution is 2.27. The molecule has 0 aliphatic rings. The summed E-state index contributed by atoms with van der Waals surface area (Å²) in [4.78, 5) is 10.8. The Morgan fingerprint density at radius 1 is 1.56 bits per heavy atom. The largest absolute Gasteiger partial charge is 0.480 e. The third-order valence-electron chi connectivity index (χ3n) is 2.59. The van der Waals surface area contributed by atoms with E-state index in [0.29, 0.717) is 5.56 Å². The van der Waals surface area contributed by atoms with Gasteiger partial charge in [-0.1, -0.05) is 12.1 Å². The lowest BCUT2D eigenvalue weighted by Gasteiger charge is -2.07. The Balaban J connectivity index is 2.60. The highest BCUT2D eigenvalue weighted by molar-refractivity contribution is 9.10. The van der Waals surface area contributed by atoms with Crippen molar-refractivity contribution in [1.82, 2.24) is 4.57 Å². The lowest BCUT2D eigenvalue weighted by molar-refractivity contribution is -0.138. The maximum atomic E-state index is 10.8. The molecule has 0 spiro atoms. The van der Waals surface area contributed by atoms with Crippen LogP contribution >= 0.6 is 15.9 Å². The first kappa shape index (κ1) is 11.2. The first-order valence-electron chi connectivity index (χ1n) is 4.73. The van der Waals surface area contributed by atoms with E-state index in [1.807, 2.05) is 23.9 Å². The summed E-state index contributed by atoms with van der Waals surface area (Å²) in [7, 11) is 1.91. The van der Waals surface area contributed by atoms with Crippen molar-refractivity contribution >= 4 is 32.8 Å². The van der Waals surface area contributed by atoms with Crippen LogP contribution in [0.3, 0.4) is 0 Å². The van der Waals surface area contributed by atoms with E-state index in [1.165, 1.54) is 0 Å². The van der Waals surface area contributed by atoms with Gasteiger partial charge in [0.25, 0.3) is 0 Å². The summed E-state index contributed by atoms with van der Waals surface area (Å²) in [6, 6.07) is 4.44. The fraction of sp³-hybridized carbons (Fsp3) is 0.182. The molecule has 0 bridgehead atoms. The van der Waals surface area contributed by atoms with Gasteiger partial charge in [-0.2, -0.15) is 0 Å². The molecule has 0 fully saturated rings. The Kier molecular flexibility index (Phi) is 2.73. The summed E-state index contributed by atoms with van der Waals surface area (Å²) < 4.78 is 2.91. The van der Waals surface area contributed by atoms with Crippen LogP contribution in [0.5, 0.6) is 0 Å². The van der Waals surface area contributed by atoms with Crippen LogP contribution in [0.15, 0.2) is 28.9 Å². The molecular formula is C11H11BrN2O2. The topological polar surface area (TPSA) is 68.2 Å². The third-order valence-corrected chi connectivity index (χ3v) is 3.22. The van der Waals surface area contributed by atoms with Crippen molar-refractivity contribution in [3.63, 3.8) is 0 Å². The van der Waals surface area contributed by atoms with Gasteiger partial charge in [-0.05, 0) is 27.6 Å². The van der Waals surface area contributed by atoms with Gasteiger partial charge in [0.15, 0.2) is 0 Å². The van der Waals surface area contributed by atoms with E-state index in [0.717, 1.165) is 15.4 Å². The molecule has 1 atom stereocenters. The molecule has 1 heterocycles. The van der Waals surface area contributed by atoms with Crippen molar-refractivity contribution in [2.24, 2.45) is 12.8 Å². The van der Waals surface area contributed by atoms with Crippen molar-refractivity contribution in [3.05, 3.63) is 34.4 Å². The SMILES string of the molecule is Cn1cc(Br)c2ccc(C(N)C(=O)O)cc21. The van der Waals surface area contributed by atoms with Gasteiger partial charge >= 0.3 is 5.97 Å². The van der Waals surface area contributed by atoms with Crippen LogP contribution in [-0.4, -0.2) is 15.6 Å². The van der Waals surface area contributed by atoms with E-state index in [4.69, 9.17) is 10.8 Å². The van der Waals surface area contributed by atoms with E-state index in [-0.39, 0.29) is 0 Å². The Bertz CT molecular complexity index is 562. The summed E-state index contributed by atoms with van der Waals surface area (Å²) in [5.41, 5.74) is 7.13. The van der Waals surface area contributed by atoms with Gasteiger partial charge in [-0.15, -0.1) is 0 Å². The van der Waals surface area contributed by atoms with Crippen molar-refractivity contribution in [3.8, 4) is 0 Å². The Morgan fingerprint density at radius 3 is 2.88 bits per heavy atom. The fourth-order valence-corrected chi connectivity index (χ4v) is 2.33. The number of carboxylic acid groups (broad SMARTS) is 1. The van der Waals surface area contributed by atoms with Gasteiger partial charge in [0.05, 0.1) is 0 Å². The van der Waals surface area contributed by atoms with E-state index in [1.54, 1.807) is 12.1 Å². The second-order valence-corrected chi connectivity index (χ2v) is 4.53. The van der Waals surface area contributed by atoms with Gasteiger partial charge in [-0.25, -0.2) is 0 Å². The minimum Gasteiger partial charge on any atom is -0.480 e. The number of fused-ring (bicyclic) bond motifs is 1. The first-order chi connectivity index (χ1) is 7.50. The number of hydrogen-bond acceptors (Lipinski definition) is 2. The molecule has 5 heteroatoms. The maximum absolute atomic E-state index is 10.8. The molecule has 0 aliphatic heterocycles. The smallest absolute Gasteiger partial charge is 0.325 e. The average Bonchev–Trinajstić information content (AvgIpc) is 2.53. The lowest BCUT2D eigenvalue weighted by Crippen LogP contribution is -2.20. The molecule has 1 aromatic carbocycles. The zero-order valence-corrected chi connectivity index (χ0v) is 10.2. The van der Waals surface area contributed by atoms with E-state index < -0.39 is 12.0 Å². The highest BCUT2D eigenvalue weighted by atomic mass is 79.9. The van der Waals surface area contributed by atoms with Crippen molar-refractivity contribution in [2.45, 2.75) is 6.04 Å². The minimum absolute atomic E-state index is 0.605. The molecule has 0 saturated carbocycles. The van der Waals surface area contributed by atoms with Crippen molar-refractivity contribution < 1.29 is 9.90 Å². The summed E-state index contributed by atoms with van der Waals surface area (Å²) in [6.45, 7) is 0. The first-order valence-corrected chi connectivity index (χ1v) is 5.53. The van der Waals surface area contributed by atoms with Crippen LogP contribution < -0.4 is 5.73 Å². The van der Waals surface area contributed by atoms with Crippen LogP contribution in [0.2, 0.25) is 0 Å². The minimum atomic E-state index is -1.02. The number of carboxylic acids is 1. The van der Waals surface area contributed by atoms with E-state index >= 15 is 0 Å². The lowest BCUT2D eigenvalue weighted by atomic mass is 10.1. The van der Waals surface area contributed by atoms with Crippen molar-refractivity contribution in [2.75, 3.05) is 0 Å². The Labute approximate surface area is 101 Å². The number of benzene rings is 1. The molecular weight excluding hydrogens is 272 g/mol. The quantitative estimate of drug-likeness (QED) is 0.886. The number of nitrogens with zero attached hydrogens (tertiary/aromatic N) is 1. The van der Waals surface area contributed by atoms with Crippen LogP contribution in [0.25, 0.3) is 10.9 Å². The van der Waals surface area contributed by atoms with Crippen molar-refractivity contribution in [1.29, 1.82) is 0 Å². The monoisotopic (exact) mass is 282 g/mol. The second kappa shape index (κ2) is 3.92.